The molecule has 0 saturated heterocycles. The Balaban J connectivity index is 2.51. The number of alkyl carbamates (subject to hydrolysis) is 1. The number of carboxylic acid groups (broad SMARTS) is 1. The van der Waals surface area contributed by atoms with Crippen molar-refractivity contribution in [3.05, 3.63) is 29.2 Å². The second kappa shape index (κ2) is 6.64. The number of hydrogen-bond donors (Lipinski definition) is 2. The van der Waals surface area contributed by atoms with E-state index in [1.807, 2.05) is 0 Å². The third kappa shape index (κ3) is 4.64. The molecule has 0 aliphatic rings. The Morgan fingerprint density at radius 3 is 3.00 bits per heavy atom. The van der Waals surface area contributed by atoms with Crippen molar-refractivity contribution >= 4 is 23.4 Å². The summed E-state index contributed by atoms with van der Waals surface area (Å²) in [5.74, 6) is -1.12. The fraction of sp³-hybridized carbons (Fsp3) is 0.300. The lowest BCUT2D eigenvalue weighted by Crippen LogP contribution is -2.42. The third-order valence-corrected chi connectivity index (χ3v) is 2.61. The van der Waals surface area contributed by atoms with Gasteiger partial charge in [0.15, 0.2) is 0 Å². The van der Waals surface area contributed by atoms with Gasteiger partial charge in [-0.05, 0) is 0 Å². The number of thiazole rings is 1. The van der Waals surface area contributed by atoms with E-state index in [2.05, 4.69) is 21.6 Å². The molecule has 0 aliphatic carbocycles. The van der Waals surface area contributed by atoms with Gasteiger partial charge in [-0.3, -0.25) is 4.98 Å². The maximum atomic E-state index is 11.2. The first kappa shape index (κ1) is 13.2. The molecule has 0 radical (unpaired) electrons. The summed E-state index contributed by atoms with van der Waals surface area (Å²) < 4.78 is 4.65. The number of carbonyl (C=O) groups excluding carboxylic acids is 1. The Hall–Kier alpha value is -1.89. The summed E-state index contributed by atoms with van der Waals surface area (Å²) in [5.41, 5.74) is 1.60. The van der Waals surface area contributed by atoms with Crippen LogP contribution in [0, 0.1) is 0 Å². The fourth-order valence-electron chi connectivity index (χ4n) is 1.06. The molecular formula is C10H12N2O4S. The Morgan fingerprint density at radius 1 is 1.71 bits per heavy atom. The van der Waals surface area contributed by atoms with Crippen LogP contribution in [-0.2, 0) is 16.0 Å². The van der Waals surface area contributed by atoms with Crippen molar-refractivity contribution in [2.75, 3.05) is 6.61 Å². The molecule has 0 aliphatic heterocycles. The average Bonchev–Trinajstić information content (AvgIpc) is 2.78. The summed E-state index contributed by atoms with van der Waals surface area (Å²) in [6, 6.07) is -1.02. The van der Waals surface area contributed by atoms with Crippen LogP contribution in [0.5, 0.6) is 0 Å². The molecule has 6 nitrogen and oxygen atoms in total. The highest BCUT2D eigenvalue weighted by atomic mass is 32.1. The SMILES string of the molecule is C=CCOC(=O)N[C@@H](Cc1cncs1)C(=O)O. The number of aliphatic carboxylic acids is 1. The topological polar surface area (TPSA) is 88.5 Å². The molecule has 1 rings (SSSR count). The molecule has 1 aromatic heterocycles. The average molecular weight is 256 g/mol. The molecule has 0 saturated carbocycles. The van der Waals surface area contributed by atoms with Crippen molar-refractivity contribution in [2.24, 2.45) is 0 Å². The maximum Gasteiger partial charge on any atom is 0.408 e. The Bertz CT molecular complexity index is 391. The van der Waals surface area contributed by atoms with Crippen molar-refractivity contribution < 1.29 is 19.4 Å². The van der Waals surface area contributed by atoms with Gasteiger partial charge in [-0.15, -0.1) is 11.3 Å². The van der Waals surface area contributed by atoms with Gasteiger partial charge in [0.2, 0.25) is 0 Å². The summed E-state index contributed by atoms with van der Waals surface area (Å²) >= 11 is 1.33. The molecule has 92 valence electrons. The number of nitrogens with one attached hydrogen (secondary N) is 1. The minimum Gasteiger partial charge on any atom is -0.480 e. The fourth-order valence-corrected chi connectivity index (χ4v) is 1.70. The van der Waals surface area contributed by atoms with E-state index >= 15 is 0 Å². The highest BCUT2D eigenvalue weighted by Crippen LogP contribution is 2.09. The van der Waals surface area contributed by atoms with Gasteiger partial charge in [0, 0.05) is 17.5 Å². The zero-order chi connectivity index (χ0) is 12.7. The van der Waals surface area contributed by atoms with Crippen LogP contribution in [0.3, 0.4) is 0 Å². The minimum atomic E-state index is -1.12. The predicted molar refractivity (Wildman–Crippen MR) is 61.9 cm³/mol. The molecule has 0 unspecified atom stereocenters. The van der Waals surface area contributed by atoms with Crippen molar-refractivity contribution in [1.82, 2.24) is 10.3 Å². The standard InChI is InChI=1S/C10H12N2O4S/c1-2-3-16-10(15)12-8(9(13)14)4-7-5-11-6-17-7/h2,5-6,8H,1,3-4H2,(H,12,15)(H,13,14)/t8-/m0/s1. The van der Waals surface area contributed by atoms with Crippen LogP contribution in [0.25, 0.3) is 0 Å². The van der Waals surface area contributed by atoms with Crippen LogP contribution < -0.4 is 5.32 Å². The first-order valence-electron chi connectivity index (χ1n) is 4.78. The van der Waals surface area contributed by atoms with Crippen molar-refractivity contribution in [2.45, 2.75) is 12.5 Å². The normalized spacial score (nSPS) is 11.5. The Morgan fingerprint density at radius 2 is 2.47 bits per heavy atom. The monoisotopic (exact) mass is 256 g/mol. The van der Waals surface area contributed by atoms with E-state index in [9.17, 15) is 9.59 Å². The zero-order valence-corrected chi connectivity index (χ0v) is 9.77. The number of carbonyl (C=O) groups is 2. The molecule has 1 heterocycles. The van der Waals surface area contributed by atoms with Gasteiger partial charge >= 0.3 is 12.1 Å². The third-order valence-electron chi connectivity index (χ3n) is 1.81. The Kier molecular flexibility index (Phi) is 5.15. The van der Waals surface area contributed by atoms with Gasteiger partial charge < -0.3 is 15.2 Å². The number of carboxylic acids is 1. The van der Waals surface area contributed by atoms with Gasteiger partial charge in [-0.2, -0.15) is 0 Å². The van der Waals surface area contributed by atoms with E-state index in [0.717, 1.165) is 4.88 Å². The maximum absolute atomic E-state index is 11.2. The molecule has 17 heavy (non-hydrogen) atoms. The minimum absolute atomic E-state index is 0.0404. The number of aromatic nitrogens is 1. The van der Waals surface area contributed by atoms with E-state index in [0.29, 0.717) is 0 Å². The van der Waals surface area contributed by atoms with Gasteiger partial charge in [0.05, 0.1) is 5.51 Å². The molecule has 0 spiro atoms. The van der Waals surface area contributed by atoms with E-state index in [-0.39, 0.29) is 13.0 Å². The van der Waals surface area contributed by atoms with E-state index in [1.54, 1.807) is 11.7 Å². The van der Waals surface area contributed by atoms with Crippen LogP contribution in [-0.4, -0.2) is 34.8 Å². The van der Waals surface area contributed by atoms with Crippen molar-refractivity contribution in [3.63, 3.8) is 0 Å². The number of amides is 1. The van der Waals surface area contributed by atoms with Crippen LogP contribution in [0.2, 0.25) is 0 Å². The van der Waals surface area contributed by atoms with Crippen molar-refractivity contribution in [3.8, 4) is 0 Å². The summed E-state index contributed by atoms with van der Waals surface area (Å²) in [6.07, 6.45) is 2.38. The largest absolute Gasteiger partial charge is 0.480 e. The highest BCUT2D eigenvalue weighted by Gasteiger charge is 2.21. The molecule has 7 heteroatoms. The number of ether oxygens (including phenoxy) is 1. The van der Waals surface area contributed by atoms with Crippen LogP contribution in [0.4, 0.5) is 4.79 Å². The predicted octanol–water partition coefficient (Wildman–Crippen LogP) is 1.05. The second-order valence-corrected chi connectivity index (χ2v) is 4.07. The lowest BCUT2D eigenvalue weighted by atomic mass is 10.2. The molecule has 1 atom stereocenters. The van der Waals surface area contributed by atoms with E-state index < -0.39 is 18.1 Å². The molecule has 0 bridgehead atoms. The van der Waals surface area contributed by atoms with Gasteiger partial charge in [-0.1, -0.05) is 12.7 Å². The quantitative estimate of drug-likeness (QED) is 0.743. The lowest BCUT2D eigenvalue weighted by molar-refractivity contribution is -0.139. The van der Waals surface area contributed by atoms with Gasteiger partial charge in [0.25, 0.3) is 0 Å². The van der Waals surface area contributed by atoms with Crippen LogP contribution >= 0.6 is 11.3 Å². The zero-order valence-electron chi connectivity index (χ0n) is 8.96. The van der Waals surface area contributed by atoms with Gasteiger partial charge in [-0.25, -0.2) is 9.59 Å². The molecule has 0 fully saturated rings. The molecule has 1 amide bonds. The highest BCUT2D eigenvalue weighted by molar-refractivity contribution is 7.09. The molecular weight excluding hydrogens is 244 g/mol. The molecule has 1 aromatic rings. The summed E-state index contributed by atoms with van der Waals surface area (Å²) in [4.78, 5) is 26.7. The summed E-state index contributed by atoms with van der Waals surface area (Å²) in [6.45, 7) is 3.42. The van der Waals surface area contributed by atoms with Gasteiger partial charge in [0.1, 0.15) is 12.6 Å². The second-order valence-electron chi connectivity index (χ2n) is 3.09. The number of nitrogens with zero attached hydrogens (tertiary/aromatic N) is 1. The summed E-state index contributed by atoms with van der Waals surface area (Å²) in [5, 5.41) is 11.2. The molecule has 2 N–H and O–H groups in total. The number of rotatable bonds is 6. The first-order chi connectivity index (χ1) is 8.13. The smallest absolute Gasteiger partial charge is 0.408 e. The summed E-state index contributed by atoms with van der Waals surface area (Å²) in [7, 11) is 0. The molecule has 0 aromatic carbocycles. The first-order valence-corrected chi connectivity index (χ1v) is 5.65. The van der Waals surface area contributed by atoms with E-state index in [1.165, 1.54) is 17.4 Å². The Labute approximate surface area is 102 Å². The van der Waals surface area contributed by atoms with E-state index in [4.69, 9.17) is 5.11 Å². The van der Waals surface area contributed by atoms with Crippen LogP contribution in [0.1, 0.15) is 4.88 Å². The van der Waals surface area contributed by atoms with Crippen molar-refractivity contribution in [1.29, 1.82) is 0 Å². The number of hydrogen-bond acceptors (Lipinski definition) is 5. The van der Waals surface area contributed by atoms with Crippen LogP contribution in [0.15, 0.2) is 24.4 Å². The lowest BCUT2D eigenvalue weighted by Gasteiger charge is -2.12.